The van der Waals surface area contributed by atoms with Crippen LogP contribution >= 0.6 is 12.4 Å². The van der Waals surface area contributed by atoms with Gasteiger partial charge in [-0.1, -0.05) is 32.9 Å². The Balaban J connectivity index is 0.00000240. The number of benzene rings is 1. The molecule has 29 heavy (non-hydrogen) atoms. The van der Waals surface area contributed by atoms with E-state index in [1.807, 2.05) is 12.1 Å². The number of aliphatic hydroxyl groups excluding tert-OH is 1. The molecule has 2 bridgehead atoms. The van der Waals surface area contributed by atoms with Crippen LogP contribution in [0.1, 0.15) is 40.0 Å². The average Bonchev–Trinajstić information content (AvgIpc) is 3.01. The van der Waals surface area contributed by atoms with E-state index in [9.17, 15) is 9.50 Å². The molecular formula is C23H36ClFN2O2. The third-order valence-corrected chi connectivity index (χ3v) is 8.24. The number of anilines is 1. The van der Waals surface area contributed by atoms with E-state index in [1.165, 1.54) is 18.9 Å². The van der Waals surface area contributed by atoms with Crippen molar-refractivity contribution in [3.63, 3.8) is 0 Å². The standard InChI is InChI=1S/C23H35FN2O2.ClH/c1-22(2)17-8-9-23(22,3)21(14-17)28-16-18(27)15-25-10-12-26(13-11-25)20-7-5-4-6-19(20)24;/h4-7,17-18,21,27H,8-16H2,1-3H3;1H. The second-order valence-electron chi connectivity index (χ2n) is 9.83. The first-order chi connectivity index (χ1) is 13.3. The van der Waals surface area contributed by atoms with Crippen molar-refractivity contribution in [2.45, 2.75) is 52.2 Å². The Hall–Kier alpha value is -0.880. The quantitative estimate of drug-likeness (QED) is 0.746. The number of para-hydroxylation sites is 1. The van der Waals surface area contributed by atoms with E-state index >= 15 is 0 Å². The molecule has 3 aliphatic rings. The van der Waals surface area contributed by atoms with Crippen LogP contribution in [0.25, 0.3) is 0 Å². The maximum Gasteiger partial charge on any atom is 0.146 e. The zero-order chi connectivity index (χ0) is 19.9. The summed E-state index contributed by atoms with van der Waals surface area (Å²) < 4.78 is 20.2. The minimum Gasteiger partial charge on any atom is -0.389 e. The van der Waals surface area contributed by atoms with Gasteiger partial charge in [-0.25, -0.2) is 4.39 Å². The van der Waals surface area contributed by atoms with Gasteiger partial charge in [-0.15, -0.1) is 12.4 Å². The van der Waals surface area contributed by atoms with Gasteiger partial charge in [0.05, 0.1) is 24.5 Å². The molecule has 6 heteroatoms. The van der Waals surface area contributed by atoms with Crippen molar-refractivity contribution in [3.05, 3.63) is 30.1 Å². The van der Waals surface area contributed by atoms with Gasteiger partial charge in [-0.05, 0) is 48.1 Å². The van der Waals surface area contributed by atoms with Crippen molar-refractivity contribution in [3.8, 4) is 0 Å². The maximum atomic E-state index is 14.0. The smallest absolute Gasteiger partial charge is 0.146 e. The molecule has 4 atom stereocenters. The highest BCUT2D eigenvalue weighted by molar-refractivity contribution is 5.85. The van der Waals surface area contributed by atoms with E-state index in [-0.39, 0.29) is 29.7 Å². The summed E-state index contributed by atoms with van der Waals surface area (Å²) in [4.78, 5) is 4.35. The normalized spacial score (nSPS) is 32.2. The van der Waals surface area contributed by atoms with Gasteiger partial charge in [-0.2, -0.15) is 0 Å². The van der Waals surface area contributed by atoms with Crippen molar-refractivity contribution >= 4 is 18.1 Å². The van der Waals surface area contributed by atoms with Crippen molar-refractivity contribution in [1.82, 2.24) is 4.90 Å². The lowest BCUT2D eigenvalue weighted by molar-refractivity contribution is -0.0794. The first-order valence-corrected chi connectivity index (χ1v) is 10.8. The lowest BCUT2D eigenvalue weighted by atomic mass is 9.70. The number of hydrogen-bond acceptors (Lipinski definition) is 4. The molecule has 1 aromatic carbocycles. The van der Waals surface area contributed by atoms with Crippen molar-refractivity contribution < 1.29 is 14.2 Å². The summed E-state index contributed by atoms with van der Waals surface area (Å²) in [5.74, 6) is 0.595. The van der Waals surface area contributed by atoms with Crippen molar-refractivity contribution in [2.24, 2.45) is 16.7 Å². The van der Waals surface area contributed by atoms with Crippen LogP contribution in [0.15, 0.2) is 24.3 Å². The lowest BCUT2D eigenvalue weighted by Crippen LogP contribution is -2.49. The minimum atomic E-state index is -0.467. The summed E-state index contributed by atoms with van der Waals surface area (Å²) in [6.45, 7) is 11.4. The van der Waals surface area contributed by atoms with Gasteiger partial charge < -0.3 is 14.7 Å². The molecule has 1 aromatic rings. The highest BCUT2D eigenvalue weighted by atomic mass is 35.5. The second-order valence-corrected chi connectivity index (χ2v) is 9.83. The zero-order valence-corrected chi connectivity index (χ0v) is 18.8. The summed E-state index contributed by atoms with van der Waals surface area (Å²) in [7, 11) is 0. The Morgan fingerprint density at radius 2 is 1.86 bits per heavy atom. The summed E-state index contributed by atoms with van der Waals surface area (Å²) in [6, 6.07) is 6.96. The van der Waals surface area contributed by atoms with Crippen molar-refractivity contribution in [1.29, 1.82) is 0 Å². The molecule has 4 rings (SSSR count). The molecule has 1 aliphatic heterocycles. The summed E-state index contributed by atoms with van der Waals surface area (Å²) in [5, 5.41) is 10.5. The molecular weight excluding hydrogens is 391 g/mol. The summed E-state index contributed by atoms with van der Waals surface area (Å²) in [6.07, 6.45) is 3.50. The third kappa shape index (κ3) is 4.16. The fraction of sp³-hybridized carbons (Fsp3) is 0.739. The van der Waals surface area contributed by atoms with Crippen LogP contribution in [-0.2, 0) is 4.74 Å². The first kappa shape index (κ1) is 22.8. The molecule has 2 aliphatic carbocycles. The molecule has 1 N–H and O–H groups in total. The number of ether oxygens (including phenoxy) is 1. The van der Waals surface area contributed by atoms with Gasteiger partial charge in [0.1, 0.15) is 5.82 Å². The molecule has 0 amide bonds. The number of rotatable bonds is 6. The Kier molecular flexibility index (Phi) is 6.84. The molecule has 164 valence electrons. The Morgan fingerprint density at radius 1 is 1.17 bits per heavy atom. The molecule has 0 radical (unpaired) electrons. The van der Waals surface area contributed by atoms with Gasteiger partial charge in [0.15, 0.2) is 0 Å². The van der Waals surface area contributed by atoms with E-state index in [2.05, 4.69) is 30.6 Å². The molecule has 1 saturated heterocycles. The fourth-order valence-corrected chi connectivity index (χ4v) is 5.84. The average molecular weight is 427 g/mol. The summed E-state index contributed by atoms with van der Waals surface area (Å²) in [5.41, 5.74) is 1.26. The Labute approximate surface area is 180 Å². The topological polar surface area (TPSA) is 35.9 Å². The predicted octanol–water partition coefficient (Wildman–Crippen LogP) is 3.96. The molecule has 4 unspecified atom stereocenters. The molecule has 4 nitrogen and oxygen atoms in total. The van der Waals surface area contributed by atoms with E-state index in [0.717, 1.165) is 38.5 Å². The van der Waals surface area contributed by atoms with E-state index in [0.29, 0.717) is 24.3 Å². The largest absolute Gasteiger partial charge is 0.389 e. The molecule has 2 saturated carbocycles. The summed E-state index contributed by atoms with van der Waals surface area (Å²) >= 11 is 0. The zero-order valence-electron chi connectivity index (χ0n) is 17.9. The number of piperazine rings is 1. The Morgan fingerprint density at radius 3 is 2.45 bits per heavy atom. The number of nitrogens with zero attached hydrogens (tertiary/aromatic N) is 2. The molecule has 0 aromatic heterocycles. The van der Waals surface area contributed by atoms with Gasteiger partial charge in [-0.3, -0.25) is 4.90 Å². The van der Waals surface area contributed by atoms with Crippen LogP contribution < -0.4 is 4.90 Å². The predicted molar refractivity (Wildman–Crippen MR) is 117 cm³/mol. The van der Waals surface area contributed by atoms with Crippen molar-refractivity contribution in [2.75, 3.05) is 44.2 Å². The lowest BCUT2D eigenvalue weighted by Gasteiger charge is -2.39. The van der Waals surface area contributed by atoms with E-state index < -0.39 is 6.10 Å². The fourth-order valence-electron chi connectivity index (χ4n) is 5.84. The first-order valence-electron chi connectivity index (χ1n) is 10.8. The molecule has 3 fully saturated rings. The highest BCUT2D eigenvalue weighted by Crippen LogP contribution is 2.66. The highest BCUT2D eigenvalue weighted by Gasteiger charge is 2.61. The van der Waals surface area contributed by atoms with E-state index in [1.54, 1.807) is 6.07 Å². The van der Waals surface area contributed by atoms with Crippen LogP contribution in [0, 0.1) is 22.6 Å². The van der Waals surface area contributed by atoms with Gasteiger partial charge in [0, 0.05) is 32.7 Å². The number of fused-ring (bicyclic) bond motifs is 2. The molecule has 0 spiro atoms. The van der Waals surface area contributed by atoms with Gasteiger partial charge in [0.2, 0.25) is 0 Å². The SMILES string of the molecule is CC1(C)C2CCC1(C)C(OCC(O)CN1CCN(c3ccccc3F)CC1)C2.Cl. The maximum absolute atomic E-state index is 14.0. The number of aliphatic hydroxyl groups is 1. The monoisotopic (exact) mass is 426 g/mol. The number of hydrogen-bond donors (Lipinski definition) is 1. The Bertz CT molecular complexity index is 695. The van der Waals surface area contributed by atoms with Crippen LogP contribution in [0.2, 0.25) is 0 Å². The third-order valence-electron chi connectivity index (χ3n) is 8.24. The van der Waals surface area contributed by atoms with Gasteiger partial charge >= 0.3 is 0 Å². The number of halogens is 2. The van der Waals surface area contributed by atoms with Gasteiger partial charge in [0.25, 0.3) is 0 Å². The van der Waals surface area contributed by atoms with Crippen LogP contribution in [0.4, 0.5) is 10.1 Å². The van der Waals surface area contributed by atoms with Crippen LogP contribution in [0.5, 0.6) is 0 Å². The van der Waals surface area contributed by atoms with Crippen LogP contribution in [-0.4, -0.2) is 61.5 Å². The molecule has 1 heterocycles. The number of β-amino-alcohol motifs (C(OH)–C–C–N with tert-alkyl or cyclic N) is 1. The van der Waals surface area contributed by atoms with Crippen LogP contribution in [0.3, 0.4) is 0 Å². The van der Waals surface area contributed by atoms with E-state index in [4.69, 9.17) is 4.74 Å². The minimum absolute atomic E-state index is 0. The second kappa shape index (κ2) is 8.70.